The van der Waals surface area contributed by atoms with E-state index in [4.69, 9.17) is 23.3 Å². The van der Waals surface area contributed by atoms with Gasteiger partial charge >= 0.3 is 25.7 Å². The fourth-order valence-electron chi connectivity index (χ4n) is 7.87. The van der Waals surface area contributed by atoms with Gasteiger partial charge < -0.3 is 24.2 Å². The maximum absolute atomic E-state index is 12.9. The minimum absolute atomic E-state index is 0.0666. The lowest BCUT2D eigenvalue weighted by atomic mass is 10.0. The van der Waals surface area contributed by atoms with Crippen LogP contribution in [-0.4, -0.2) is 66.5 Å². The normalized spacial score (nSPS) is 14.0. The summed E-state index contributed by atoms with van der Waals surface area (Å²) >= 11 is 0. The van der Waals surface area contributed by atoms with Gasteiger partial charge in [0.05, 0.1) is 26.2 Å². The molecule has 3 unspecified atom stereocenters. The molecule has 0 heterocycles. The highest BCUT2D eigenvalue weighted by Gasteiger charge is 2.28. The van der Waals surface area contributed by atoms with Crippen LogP contribution >= 0.6 is 7.82 Å². The Hall–Kier alpha value is -3.34. The van der Waals surface area contributed by atoms with Crippen molar-refractivity contribution in [2.24, 2.45) is 0 Å². The summed E-state index contributed by atoms with van der Waals surface area (Å²) in [6, 6.07) is 0. The van der Waals surface area contributed by atoms with Crippen LogP contribution in [0.25, 0.3) is 0 Å². The highest BCUT2D eigenvalue weighted by atomic mass is 31.2. The number of aliphatic hydroxyl groups is 1. The van der Waals surface area contributed by atoms with E-state index in [-0.39, 0.29) is 25.9 Å². The lowest BCUT2D eigenvalue weighted by Gasteiger charge is -2.21. The van der Waals surface area contributed by atoms with Gasteiger partial charge in [-0.25, -0.2) is 4.57 Å². The molecule has 0 radical (unpaired) electrons. The number of ether oxygens (including phenoxy) is 3. The first kappa shape index (κ1) is 70.7. The number of carbonyl (C=O) groups is 3. The Morgan fingerprint density at radius 1 is 0.405 bits per heavy atom. The Morgan fingerprint density at radius 3 is 1.22 bits per heavy atom. The second kappa shape index (κ2) is 55.9. The van der Waals surface area contributed by atoms with Gasteiger partial charge in [-0.3, -0.25) is 23.4 Å². The number of carbonyl (C=O) groups excluding carboxylic acids is 3. The van der Waals surface area contributed by atoms with Crippen LogP contribution in [-0.2, 0) is 42.2 Å². The molecule has 0 rings (SSSR count). The molecule has 0 aromatic carbocycles. The summed E-state index contributed by atoms with van der Waals surface area (Å²) in [5, 5.41) is 9.81. The summed E-state index contributed by atoms with van der Waals surface area (Å²) < 4.78 is 39.4. The third kappa shape index (κ3) is 53.5. The molecule has 12 heteroatoms. The van der Waals surface area contributed by atoms with Crippen molar-refractivity contribution >= 4 is 25.7 Å². The number of phosphoric ester groups is 1. The fraction of sp³-hybridized carbons (Fsp3) is 0.726. The minimum Gasteiger partial charge on any atom is -0.462 e. The Kier molecular flexibility index (Phi) is 53.4. The SMILES string of the molecule is CC/C=C\C/C=C\C/C=C\C/C=C\C/C=C\CC(=O)OC(COC(=O)CCCCCCCCCCC/C=C\C/C=C\CCCCC)COP(=O)(O)OCC(CO)OC(=O)CCCCCCCCCCCCCCC. The van der Waals surface area contributed by atoms with Crippen LogP contribution in [0.3, 0.4) is 0 Å². The Labute approximate surface area is 451 Å². The molecule has 0 saturated carbocycles. The lowest BCUT2D eigenvalue weighted by molar-refractivity contribution is -0.160. The largest absolute Gasteiger partial charge is 0.472 e. The quantitative estimate of drug-likeness (QED) is 0.0197. The Bertz CT molecular complexity index is 1560. The van der Waals surface area contributed by atoms with Gasteiger partial charge in [0.1, 0.15) is 12.7 Å². The second-order valence-corrected chi connectivity index (χ2v) is 20.9. The number of hydrogen-bond donors (Lipinski definition) is 2. The number of esters is 3. The predicted octanol–water partition coefficient (Wildman–Crippen LogP) is 17.5. The lowest BCUT2D eigenvalue weighted by Crippen LogP contribution is -2.30. The van der Waals surface area contributed by atoms with Crippen LogP contribution in [0.4, 0.5) is 0 Å². The zero-order chi connectivity index (χ0) is 54.1. The first-order valence-corrected chi connectivity index (χ1v) is 31.0. The van der Waals surface area contributed by atoms with Crippen molar-refractivity contribution in [1.82, 2.24) is 0 Å². The van der Waals surface area contributed by atoms with Crippen molar-refractivity contribution in [3.8, 4) is 0 Å². The number of hydrogen-bond acceptors (Lipinski definition) is 10. The molecular weight excluding hydrogens is 952 g/mol. The minimum atomic E-state index is -4.77. The first-order valence-electron chi connectivity index (χ1n) is 29.5. The van der Waals surface area contributed by atoms with Crippen LogP contribution in [0.5, 0.6) is 0 Å². The second-order valence-electron chi connectivity index (χ2n) is 19.4. The van der Waals surface area contributed by atoms with E-state index in [0.717, 1.165) is 77.0 Å². The molecule has 0 bridgehead atoms. The summed E-state index contributed by atoms with van der Waals surface area (Å²) in [5.41, 5.74) is 0. The van der Waals surface area contributed by atoms with Crippen molar-refractivity contribution in [2.75, 3.05) is 26.4 Å². The van der Waals surface area contributed by atoms with Gasteiger partial charge in [-0.05, 0) is 77.0 Å². The van der Waals surface area contributed by atoms with Crippen molar-refractivity contribution in [1.29, 1.82) is 0 Å². The molecule has 0 saturated heterocycles. The van der Waals surface area contributed by atoms with Crippen molar-refractivity contribution in [2.45, 2.75) is 264 Å². The maximum Gasteiger partial charge on any atom is 0.472 e. The Balaban J connectivity index is 4.80. The van der Waals surface area contributed by atoms with Gasteiger partial charge in [-0.15, -0.1) is 0 Å². The van der Waals surface area contributed by atoms with E-state index in [1.165, 1.54) is 116 Å². The molecule has 0 aliphatic carbocycles. The molecule has 0 aliphatic heterocycles. The van der Waals surface area contributed by atoms with E-state index in [1.807, 2.05) is 12.2 Å². The van der Waals surface area contributed by atoms with Crippen LogP contribution in [0.2, 0.25) is 0 Å². The number of phosphoric acid groups is 1. The molecule has 0 aromatic rings. The predicted molar refractivity (Wildman–Crippen MR) is 307 cm³/mol. The number of unbranched alkanes of at least 4 members (excludes halogenated alkanes) is 24. The van der Waals surface area contributed by atoms with Gasteiger partial charge in [-0.1, -0.05) is 241 Å². The van der Waals surface area contributed by atoms with Crippen LogP contribution in [0.1, 0.15) is 252 Å². The molecular formula is C62H107O11P. The van der Waals surface area contributed by atoms with Gasteiger partial charge in [0.2, 0.25) is 0 Å². The molecule has 0 spiro atoms. The summed E-state index contributed by atoms with van der Waals surface area (Å²) in [6.45, 7) is 4.40. The zero-order valence-corrected chi connectivity index (χ0v) is 47.9. The topological polar surface area (TPSA) is 155 Å². The van der Waals surface area contributed by atoms with Crippen molar-refractivity contribution in [3.05, 3.63) is 85.1 Å². The number of rotatable bonds is 54. The molecule has 0 aromatic heterocycles. The highest BCUT2D eigenvalue weighted by Crippen LogP contribution is 2.43. The van der Waals surface area contributed by atoms with E-state index in [2.05, 4.69) is 87.6 Å². The third-order valence-corrected chi connectivity index (χ3v) is 13.3. The molecule has 74 heavy (non-hydrogen) atoms. The van der Waals surface area contributed by atoms with E-state index < -0.39 is 57.8 Å². The molecule has 3 atom stereocenters. The first-order chi connectivity index (χ1) is 36.2. The van der Waals surface area contributed by atoms with Gasteiger partial charge in [-0.2, -0.15) is 0 Å². The summed E-state index contributed by atoms with van der Waals surface area (Å²) in [7, 11) is -4.77. The summed E-state index contributed by atoms with van der Waals surface area (Å²) in [4.78, 5) is 48.5. The molecule has 0 amide bonds. The van der Waals surface area contributed by atoms with Crippen LogP contribution in [0, 0.1) is 0 Å². The fourth-order valence-corrected chi connectivity index (χ4v) is 8.66. The van der Waals surface area contributed by atoms with Crippen molar-refractivity contribution < 1.29 is 52.2 Å². The van der Waals surface area contributed by atoms with E-state index in [0.29, 0.717) is 19.3 Å². The summed E-state index contributed by atoms with van der Waals surface area (Å²) in [5.74, 6) is -1.62. The zero-order valence-electron chi connectivity index (χ0n) is 47.0. The van der Waals surface area contributed by atoms with E-state index in [9.17, 15) is 28.9 Å². The highest BCUT2D eigenvalue weighted by molar-refractivity contribution is 7.47. The molecule has 426 valence electrons. The van der Waals surface area contributed by atoms with Gasteiger partial charge in [0, 0.05) is 12.8 Å². The van der Waals surface area contributed by atoms with Crippen LogP contribution < -0.4 is 0 Å². The number of allylic oxidation sites excluding steroid dienone is 13. The number of aliphatic hydroxyl groups excluding tert-OH is 1. The van der Waals surface area contributed by atoms with Crippen molar-refractivity contribution in [3.63, 3.8) is 0 Å². The molecule has 2 N–H and O–H groups in total. The molecule has 11 nitrogen and oxygen atoms in total. The summed E-state index contributed by atoms with van der Waals surface area (Å²) in [6.07, 6.45) is 64.3. The maximum atomic E-state index is 12.9. The van der Waals surface area contributed by atoms with Gasteiger partial charge in [0.15, 0.2) is 6.10 Å². The van der Waals surface area contributed by atoms with Crippen LogP contribution in [0.15, 0.2) is 85.1 Å². The average Bonchev–Trinajstić information content (AvgIpc) is 3.39. The smallest absolute Gasteiger partial charge is 0.462 e. The standard InChI is InChI=1S/C62H107O11P/c1-4-7-10-13-16-19-22-25-27-28-29-30-32-34-36-39-42-45-48-51-60(64)69-55-59(73-62(66)53-50-47-44-41-38-35-31-26-23-20-17-14-11-8-5-2)57-71-74(67,68)70-56-58(54-63)72-61(65)52-49-46-43-40-37-33-24-21-18-15-12-9-6-3/h8,11,16-17,19-20,25-27,31,38,41,47,50,58-59,63H,4-7,9-10,12-15,18,21-24,28-30,32-37,39-40,42-46,48-49,51-57H2,1-3H3,(H,67,68)/b11-8-,19-16-,20-17-,27-25-,31-26-,41-38-,50-47-. The average molecular weight is 1060 g/mol. The molecule has 0 fully saturated rings. The monoisotopic (exact) mass is 1060 g/mol. The van der Waals surface area contributed by atoms with E-state index in [1.54, 1.807) is 6.08 Å². The Morgan fingerprint density at radius 2 is 0.757 bits per heavy atom. The van der Waals surface area contributed by atoms with Gasteiger partial charge in [0.25, 0.3) is 0 Å². The molecule has 0 aliphatic rings. The van der Waals surface area contributed by atoms with E-state index >= 15 is 0 Å². The third-order valence-electron chi connectivity index (χ3n) is 12.3.